The van der Waals surface area contributed by atoms with Crippen molar-refractivity contribution in [3.8, 4) is 0 Å². The Balaban J connectivity index is 2.76. The van der Waals surface area contributed by atoms with E-state index in [1.807, 2.05) is 13.8 Å². The average Bonchev–Trinajstić information content (AvgIpc) is 2.10. The molecule has 0 aliphatic rings. The van der Waals surface area contributed by atoms with Gasteiger partial charge in [0.25, 0.3) is 0 Å². The number of carboxylic acid groups (broad SMARTS) is 1. The third-order valence-corrected chi connectivity index (χ3v) is 2.10. The topological polar surface area (TPSA) is 37.3 Å². The van der Waals surface area contributed by atoms with Gasteiger partial charge in [0.2, 0.25) is 0 Å². The quantitative estimate of drug-likeness (QED) is 0.743. The predicted octanol–water partition coefficient (Wildman–Crippen LogP) is 2.49. The van der Waals surface area contributed by atoms with Gasteiger partial charge in [0, 0.05) is 6.08 Å². The van der Waals surface area contributed by atoms with Crippen LogP contribution in [0, 0.1) is 13.8 Å². The molecular weight excluding hydrogens is 176 g/mol. The highest BCUT2D eigenvalue weighted by Crippen LogP contribution is 2.11. The molecule has 1 aromatic carbocycles. The molecule has 74 valence electrons. The van der Waals surface area contributed by atoms with Crippen molar-refractivity contribution in [1.29, 1.82) is 0 Å². The largest absolute Gasteiger partial charge is 0.478 e. The van der Waals surface area contributed by atoms with Crippen LogP contribution in [-0.2, 0) is 11.2 Å². The SMILES string of the molecule is Cc1ccc(C)c(C/C=C/C(=O)O)c1. The van der Waals surface area contributed by atoms with Crippen molar-refractivity contribution in [2.24, 2.45) is 0 Å². The first-order chi connectivity index (χ1) is 6.59. The van der Waals surface area contributed by atoms with Crippen molar-refractivity contribution in [2.75, 3.05) is 0 Å². The molecule has 0 radical (unpaired) electrons. The highest BCUT2D eigenvalue weighted by atomic mass is 16.4. The summed E-state index contributed by atoms with van der Waals surface area (Å²) in [5.41, 5.74) is 3.59. The van der Waals surface area contributed by atoms with Crippen LogP contribution in [0.15, 0.2) is 30.4 Å². The van der Waals surface area contributed by atoms with Gasteiger partial charge in [-0.25, -0.2) is 4.79 Å². The molecule has 0 spiro atoms. The Labute approximate surface area is 83.9 Å². The van der Waals surface area contributed by atoms with Crippen molar-refractivity contribution in [1.82, 2.24) is 0 Å². The Morgan fingerprint density at radius 3 is 2.79 bits per heavy atom. The first-order valence-electron chi connectivity index (χ1n) is 4.55. The molecule has 0 atom stereocenters. The first-order valence-corrected chi connectivity index (χ1v) is 4.55. The zero-order valence-electron chi connectivity index (χ0n) is 8.45. The third kappa shape index (κ3) is 3.05. The Morgan fingerprint density at radius 2 is 2.14 bits per heavy atom. The molecule has 1 rings (SSSR count). The molecule has 0 saturated heterocycles. The highest BCUT2D eigenvalue weighted by Gasteiger charge is 1.96. The molecule has 0 fully saturated rings. The fourth-order valence-electron chi connectivity index (χ4n) is 1.31. The van der Waals surface area contributed by atoms with E-state index in [-0.39, 0.29) is 0 Å². The zero-order valence-corrected chi connectivity index (χ0v) is 8.45. The molecular formula is C12H14O2. The van der Waals surface area contributed by atoms with Gasteiger partial charge in [0.15, 0.2) is 0 Å². The molecule has 0 heterocycles. The van der Waals surface area contributed by atoms with Gasteiger partial charge in [-0.3, -0.25) is 0 Å². The van der Waals surface area contributed by atoms with E-state index in [1.165, 1.54) is 22.8 Å². The van der Waals surface area contributed by atoms with Crippen molar-refractivity contribution >= 4 is 5.97 Å². The number of aliphatic carboxylic acids is 1. The van der Waals surface area contributed by atoms with E-state index in [1.54, 1.807) is 6.08 Å². The standard InChI is InChI=1S/C12H14O2/c1-9-6-7-10(2)11(8-9)4-3-5-12(13)14/h3,5-8H,4H2,1-2H3,(H,13,14)/b5-3+. The minimum absolute atomic E-state index is 0.680. The second-order valence-electron chi connectivity index (χ2n) is 3.37. The summed E-state index contributed by atoms with van der Waals surface area (Å²) in [5.74, 6) is -0.893. The van der Waals surface area contributed by atoms with E-state index in [0.717, 1.165) is 0 Å². The molecule has 0 saturated carbocycles. The van der Waals surface area contributed by atoms with Crippen molar-refractivity contribution in [3.05, 3.63) is 47.0 Å². The molecule has 0 aliphatic carbocycles. The lowest BCUT2D eigenvalue weighted by Crippen LogP contribution is -1.90. The molecule has 14 heavy (non-hydrogen) atoms. The Bertz CT molecular complexity index is 365. The van der Waals surface area contributed by atoms with Gasteiger partial charge in [0.1, 0.15) is 0 Å². The number of carboxylic acids is 1. The van der Waals surface area contributed by atoms with Crippen LogP contribution >= 0.6 is 0 Å². The normalized spacial score (nSPS) is 10.7. The summed E-state index contributed by atoms with van der Waals surface area (Å²) in [4.78, 5) is 10.3. The third-order valence-electron chi connectivity index (χ3n) is 2.10. The number of allylic oxidation sites excluding steroid dienone is 1. The average molecular weight is 190 g/mol. The smallest absolute Gasteiger partial charge is 0.327 e. The minimum Gasteiger partial charge on any atom is -0.478 e. The highest BCUT2D eigenvalue weighted by molar-refractivity contribution is 5.79. The molecule has 0 amide bonds. The molecule has 1 N–H and O–H groups in total. The summed E-state index contributed by atoms with van der Waals surface area (Å²) >= 11 is 0. The Kier molecular flexibility index (Phi) is 3.46. The number of hydrogen-bond acceptors (Lipinski definition) is 1. The van der Waals surface area contributed by atoms with Crippen LogP contribution in [0.5, 0.6) is 0 Å². The van der Waals surface area contributed by atoms with Crippen LogP contribution in [0.2, 0.25) is 0 Å². The lowest BCUT2D eigenvalue weighted by atomic mass is 10.0. The number of rotatable bonds is 3. The van der Waals surface area contributed by atoms with Gasteiger partial charge >= 0.3 is 5.97 Å². The molecule has 0 unspecified atom stereocenters. The zero-order chi connectivity index (χ0) is 10.6. The summed E-state index contributed by atoms with van der Waals surface area (Å²) in [5, 5.41) is 8.43. The van der Waals surface area contributed by atoms with Crippen LogP contribution in [0.1, 0.15) is 16.7 Å². The fourth-order valence-corrected chi connectivity index (χ4v) is 1.31. The lowest BCUT2D eigenvalue weighted by Gasteiger charge is -2.03. The summed E-state index contributed by atoms with van der Waals surface area (Å²) in [6.07, 6.45) is 3.53. The maximum atomic E-state index is 10.3. The van der Waals surface area contributed by atoms with Crippen molar-refractivity contribution < 1.29 is 9.90 Å². The van der Waals surface area contributed by atoms with E-state index in [0.29, 0.717) is 6.42 Å². The predicted molar refractivity (Wildman–Crippen MR) is 56.4 cm³/mol. The maximum Gasteiger partial charge on any atom is 0.327 e. The van der Waals surface area contributed by atoms with Crippen molar-refractivity contribution in [3.63, 3.8) is 0 Å². The van der Waals surface area contributed by atoms with Gasteiger partial charge in [-0.15, -0.1) is 0 Å². The molecule has 0 aromatic heterocycles. The number of benzene rings is 1. The van der Waals surface area contributed by atoms with Gasteiger partial charge in [-0.2, -0.15) is 0 Å². The summed E-state index contributed by atoms with van der Waals surface area (Å²) in [6, 6.07) is 6.19. The van der Waals surface area contributed by atoms with Crippen LogP contribution < -0.4 is 0 Å². The van der Waals surface area contributed by atoms with Crippen LogP contribution in [0.4, 0.5) is 0 Å². The van der Waals surface area contributed by atoms with Gasteiger partial charge < -0.3 is 5.11 Å². The number of carbonyl (C=O) groups is 1. The summed E-state index contributed by atoms with van der Waals surface area (Å²) in [6.45, 7) is 4.06. The molecule has 1 aromatic rings. The Morgan fingerprint density at radius 1 is 1.43 bits per heavy atom. The van der Waals surface area contributed by atoms with Crippen LogP contribution in [0.25, 0.3) is 0 Å². The van der Waals surface area contributed by atoms with E-state index < -0.39 is 5.97 Å². The molecule has 0 aliphatic heterocycles. The monoisotopic (exact) mass is 190 g/mol. The second-order valence-corrected chi connectivity index (χ2v) is 3.37. The number of hydrogen-bond donors (Lipinski definition) is 1. The van der Waals surface area contributed by atoms with E-state index in [9.17, 15) is 4.79 Å². The Hall–Kier alpha value is -1.57. The van der Waals surface area contributed by atoms with Crippen molar-refractivity contribution in [2.45, 2.75) is 20.3 Å². The molecule has 2 heteroatoms. The van der Waals surface area contributed by atoms with E-state index >= 15 is 0 Å². The molecule has 0 bridgehead atoms. The van der Waals surface area contributed by atoms with Gasteiger partial charge in [-0.1, -0.05) is 29.8 Å². The van der Waals surface area contributed by atoms with E-state index in [4.69, 9.17) is 5.11 Å². The van der Waals surface area contributed by atoms with Gasteiger partial charge in [0.05, 0.1) is 0 Å². The maximum absolute atomic E-state index is 10.3. The van der Waals surface area contributed by atoms with E-state index in [2.05, 4.69) is 18.2 Å². The van der Waals surface area contributed by atoms with Gasteiger partial charge in [-0.05, 0) is 31.4 Å². The lowest BCUT2D eigenvalue weighted by molar-refractivity contribution is -0.131. The molecule has 2 nitrogen and oxygen atoms in total. The number of aryl methyl sites for hydroxylation is 2. The van der Waals surface area contributed by atoms with Crippen LogP contribution in [0.3, 0.4) is 0 Å². The first kappa shape index (κ1) is 10.5. The minimum atomic E-state index is -0.893. The summed E-state index contributed by atoms with van der Waals surface area (Å²) < 4.78 is 0. The summed E-state index contributed by atoms with van der Waals surface area (Å²) in [7, 11) is 0. The second kappa shape index (κ2) is 4.61. The van der Waals surface area contributed by atoms with Crippen LogP contribution in [-0.4, -0.2) is 11.1 Å². The fraction of sp³-hybridized carbons (Fsp3) is 0.250.